The summed E-state index contributed by atoms with van der Waals surface area (Å²) in [6.07, 6.45) is 2.39. The number of nitro groups is 2. The number of hydrogen-bond acceptors (Lipinski definition) is 7. The maximum absolute atomic E-state index is 11.5. The molecule has 124 valence electrons. The molecule has 0 bridgehead atoms. The Kier molecular flexibility index (Phi) is 4.54. The fourth-order valence-electron chi connectivity index (χ4n) is 1.93. The second-order valence-corrected chi connectivity index (χ2v) is 4.45. The van der Waals surface area contributed by atoms with Gasteiger partial charge in [-0.3, -0.25) is 30.0 Å². The van der Waals surface area contributed by atoms with E-state index in [1.807, 2.05) is 0 Å². The molecule has 0 saturated heterocycles. The minimum Gasteiger partial charge on any atom is -0.490 e. The number of benzene rings is 1. The molecule has 1 heterocycles. The Morgan fingerprint density at radius 1 is 1.08 bits per heavy atom. The monoisotopic (exact) mass is 334 g/mol. The van der Waals surface area contributed by atoms with Gasteiger partial charge in [0.05, 0.1) is 17.0 Å². The third kappa shape index (κ3) is 3.35. The van der Waals surface area contributed by atoms with Crippen molar-refractivity contribution in [3.05, 3.63) is 70.5 Å². The standard InChI is InChI=1S/C13H10N4O7/c1-24-10-5-3-7(6-9(10)16(20)21)2-4-8-11(17(22)23)12(18)15-13(19)14-8/h2-6H,1H3,(H2,14,15,18,19). The van der Waals surface area contributed by atoms with E-state index in [9.17, 15) is 29.8 Å². The zero-order valence-electron chi connectivity index (χ0n) is 12.1. The van der Waals surface area contributed by atoms with Crippen LogP contribution in [0.4, 0.5) is 11.4 Å². The molecule has 11 nitrogen and oxygen atoms in total. The largest absolute Gasteiger partial charge is 0.490 e. The Labute approximate surface area is 132 Å². The molecule has 11 heteroatoms. The van der Waals surface area contributed by atoms with Crippen molar-refractivity contribution in [1.29, 1.82) is 0 Å². The molecule has 0 radical (unpaired) electrons. The van der Waals surface area contributed by atoms with Crippen LogP contribution in [0.25, 0.3) is 12.2 Å². The quantitative estimate of drug-likeness (QED) is 0.610. The average Bonchev–Trinajstić information content (AvgIpc) is 2.51. The van der Waals surface area contributed by atoms with Gasteiger partial charge < -0.3 is 9.72 Å². The first kappa shape index (κ1) is 16.6. The van der Waals surface area contributed by atoms with Crippen LogP contribution in [0.3, 0.4) is 0 Å². The molecule has 2 aromatic rings. The molecule has 24 heavy (non-hydrogen) atoms. The minimum atomic E-state index is -1.15. The van der Waals surface area contributed by atoms with Crippen LogP contribution in [-0.2, 0) is 0 Å². The van der Waals surface area contributed by atoms with Gasteiger partial charge in [-0.2, -0.15) is 0 Å². The highest BCUT2D eigenvalue weighted by molar-refractivity contribution is 5.73. The van der Waals surface area contributed by atoms with Crippen LogP contribution in [0.2, 0.25) is 0 Å². The van der Waals surface area contributed by atoms with Crippen molar-refractivity contribution in [2.75, 3.05) is 7.11 Å². The van der Waals surface area contributed by atoms with E-state index < -0.39 is 26.8 Å². The normalized spacial score (nSPS) is 10.7. The summed E-state index contributed by atoms with van der Waals surface area (Å²) in [6, 6.07) is 4.01. The average molecular weight is 334 g/mol. The van der Waals surface area contributed by atoms with Crippen LogP contribution in [0.15, 0.2) is 27.8 Å². The molecular formula is C13H10N4O7. The fourth-order valence-corrected chi connectivity index (χ4v) is 1.93. The molecule has 0 atom stereocenters. The lowest BCUT2D eigenvalue weighted by molar-refractivity contribution is -0.386. The molecule has 0 amide bonds. The molecule has 1 aromatic carbocycles. The zero-order chi connectivity index (χ0) is 17.9. The van der Waals surface area contributed by atoms with Gasteiger partial charge in [0.1, 0.15) is 5.69 Å². The smallest absolute Gasteiger partial charge is 0.357 e. The summed E-state index contributed by atoms with van der Waals surface area (Å²) >= 11 is 0. The summed E-state index contributed by atoms with van der Waals surface area (Å²) in [6.45, 7) is 0. The molecule has 0 aliphatic rings. The highest BCUT2D eigenvalue weighted by atomic mass is 16.6. The molecule has 0 saturated carbocycles. The van der Waals surface area contributed by atoms with E-state index in [1.54, 1.807) is 4.98 Å². The number of H-pyrrole nitrogens is 2. The molecule has 0 aliphatic heterocycles. The Morgan fingerprint density at radius 3 is 2.38 bits per heavy atom. The minimum absolute atomic E-state index is 0.0488. The van der Waals surface area contributed by atoms with Gasteiger partial charge in [-0.05, 0) is 17.7 Å². The molecular weight excluding hydrogens is 324 g/mol. The molecule has 0 unspecified atom stereocenters. The summed E-state index contributed by atoms with van der Waals surface area (Å²) in [5, 5.41) is 21.9. The van der Waals surface area contributed by atoms with Crippen LogP contribution >= 0.6 is 0 Å². The van der Waals surface area contributed by atoms with Crippen LogP contribution in [0.1, 0.15) is 11.3 Å². The number of aromatic nitrogens is 2. The SMILES string of the molecule is COc1ccc(C=Cc2[nH]c(=O)[nH]c(=O)c2[N+](=O)[O-])cc1[N+](=O)[O-]. The molecule has 0 aliphatic carbocycles. The highest BCUT2D eigenvalue weighted by Crippen LogP contribution is 2.28. The van der Waals surface area contributed by atoms with Gasteiger partial charge in [-0.15, -0.1) is 0 Å². The number of aromatic amines is 2. The summed E-state index contributed by atoms with van der Waals surface area (Å²) in [5.41, 5.74) is -3.21. The number of nitro benzene ring substituents is 1. The lowest BCUT2D eigenvalue weighted by Gasteiger charge is -2.02. The fraction of sp³-hybridized carbons (Fsp3) is 0.0769. The number of nitrogens with one attached hydrogen (secondary N) is 2. The molecule has 2 N–H and O–H groups in total. The van der Waals surface area contributed by atoms with E-state index in [2.05, 4.69) is 4.98 Å². The van der Waals surface area contributed by atoms with E-state index in [-0.39, 0.29) is 17.1 Å². The maximum atomic E-state index is 11.5. The van der Waals surface area contributed by atoms with Crippen molar-refractivity contribution >= 4 is 23.5 Å². The van der Waals surface area contributed by atoms with Crippen molar-refractivity contribution in [3.63, 3.8) is 0 Å². The van der Waals surface area contributed by atoms with E-state index in [0.29, 0.717) is 5.56 Å². The van der Waals surface area contributed by atoms with Crippen molar-refractivity contribution in [3.8, 4) is 5.75 Å². The lowest BCUT2D eigenvalue weighted by atomic mass is 10.1. The number of hydrogen-bond donors (Lipinski definition) is 2. The molecule has 2 rings (SSSR count). The number of nitrogens with zero attached hydrogens (tertiary/aromatic N) is 2. The predicted molar refractivity (Wildman–Crippen MR) is 82.9 cm³/mol. The number of rotatable bonds is 5. The highest BCUT2D eigenvalue weighted by Gasteiger charge is 2.19. The van der Waals surface area contributed by atoms with Crippen LogP contribution in [0, 0.1) is 20.2 Å². The van der Waals surface area contributed by atoms with Gasteiger partial charge in [-0.25, -0.2) is 4.79 Å². The summed E-state index contributed by atoms with van der Waals surface area (Å²) in [7, 11) is 1.28. The molecule has 1 aromatic heterocycles. The topological polar surface area (TPSA) is 161 Å². The third-order valence-corrected chi connectivity index (χ3v) is 2.97. The first-order valence-electron chi connectivity index (χ1n) is 6.35. The maximum Gasteiger partial charge on any atom is 0.357 e. The van der Waals surface area contributed by atoms with Crippen molar-refractivity contribution in [2.24, 2.45) is 0 Å². The number of methoxy groups -OCH3 is 1. The zero-order valence-corrected chi connectivity index (χ0v) is 12.1. The van der Waals surface area contributed by atoms with Gasteiger partial charge in [0.25, 0.3) is 0 Å². The first-order valence-corrected chi connectivity index (χ1v) is 6.35. The lowest BCUT2D eigenvalue weighted by Crippen LogP contribution is -2.25. The Bertz CT molecular complexity index is 958. The summed E-state index contributed by atoms with van der Waals surface area (Å²) in [4.78, 5) is 46.9. The Morgan fingerprint density at radius 2 is 1.79 bits per heavy atom. The van der Waals surface area contributed by atoms with Crippen molar-refractivity contribution in [2.45, 2.75) is 0 Å². The van der Waals surface area contributed by atoms with E-state index in [0.717, 1.165) is 6.08 Å². The van der Waals surface area contributed by atoms with Gasteiger partial charge in [0, 0.05) is 6.07 Å². The first-order chi connectivity index (χ1) is 11.3. The summed E-state index contributed by atoms with van der Waals surface area (Å²) < 4.78 is 4.86. The van der Waals surface area contributed by atoms with Crippen LogP contribution < -0.4 is 16.0 Å². The molecule has 0 spiro atoms. The predicted octanol–water partition coefficient (Wildman–Crippen LogP) is 1.06. The van der Waals surface area contributed by atoms with Gasteiger partial charge >= 0.3 is 22.6 Å². The van der Waals surface area contributed by atoms with Crippen LogP contribution in [-0.4, -0.2) is 26.9 Å². The summed E-state index contributed by atoms with van der Waals surface area (Å²) in [5.74, 6) is 0.0488. The van der Waals surface area contributed by atoms with Gasteiger partial charge in [0.2, 0.25) is 0 Å². The third-order valence-electron chi connectivity index (χ3n) is 2.97. The Balaban J connectivity index is 2.51. The molecule has 0 fully saturated rings. The van der Waals surface area contributed by atoms with Crippen LogP contribution in [0.5, 0.6) is 5.75 Å². The second kappa shape index (κ2) is 6.56. The van der Waals surface area contributed by atoms with E-state index in [1.165, 1.54) is 31.4 Å². The van der Waals surface area contributed by atoms with Gasteiger partial charge in [-0.1, -0.05) is 12.1 Å². The van der Waals surface area contributed by atoms with E-state index in [4.69, 9.17) is 4.74 Å². The van der Waals surface area contributed by atoms with E-state index >= 15 is 0 Å². The van der Waals surface area contributed by atoms with Crippen molar-refractivity contribution < 1.29 is 14.6 Å². The Hall–Kier alpha value is -3.76. The van der Waals surface area contributed by atoms with Crippen molar-refractivity contribution in [1.82, 2.24) is 9.97 Å². The number of ether oxygens (including phenoxy) is 1. The van der Waals surface area contributed by atoms with Gasteiger partial charge in [0.15, 0.2) is 5.75 Å². The second-order valence-electron chi connectivity index (χ2n) is 4.45.